The van der Waals surface area contributed by atoms with E-state index in [2.05, 4.69) is 4.98 Å². The molecule has 0 amide bonds. The molecule has 1 N–H and O–H groups in total. The number of aromatic nitrogens is 1. The van der Waals surface area contributed by atoms with Crippen LogP contribution in [0.25, 0.3) is 22.3 Å². The van der Waals surface area contributed by atoms with E-state index in [0.29, 0.717) is 47.3 Å². The molecule has 2 aliphatic rings. The van der Waals surface area contributed by atoms with Gasteiger partial charge < -0.3 is 24.1 Å². The fourth-order valence-electron chi connectivity index (χ4n) is 3.44. The van der Waals surface area contributed by atoms with Crippen LogP contribution in [0.2, 0.25) is 0 Å². The SMILES string of the molecule is COc1c(OC)c2c3c(nccc3c1OC)C1=CC[C@@H](O)CC=C2O1. The van der Waals surface area contributed by atoms with Gasteiger partial charge >= 0.3 is 0 Å². The molecule has 3 heterocycles. The Morgan fingerprint density at radius 2 is 1.68 bits per heavy atom. The molecule has 6 heteroatoms. The van der Waals surface area contributed by atoms with E-state index in [0.717, 1.165) is 16.3 Å². The zero-order chi connectivity index (χ0) is 17.6. The van der Waals surface area contributed by atoms with Crippen molar-refractivity contribution >= 4 is 22.3 Å². The summed E-state index contributed by atoms with van der Waals surface area (Å²) in [6, 6.07) is 1.89. The van der Waals surface area contributed by atoms with E-state index in [1.807, 2.05) is 18.2 Å². The van der Waals surface area contributed by atoms with Crippen LogP contribution in [0.3, 0.4) is 0 Å². The highest BCUT2D eigenvalue weighted by molar-refractivity contribution is 6.08. The molecule has 0 saturated carbocycles. The van der Waals surface area contributed by atoms with E-state index in [9.17, 15) is 5.11 Å². The lowest BCUT2D eigenvalue weighted by atomic mass is 9.93. The van der Waals surface area contributed by atoms with Crippen molar-refractivity contribution in [2.24, 2.45) is 0 Å². The van der Waals surface area contributed by atoms with E-state index in [-0.39, 0.29) is 0 Å². The number of nitrogens with zero attached hydrogens (tertiary/aromatic N) is 1. The molecule has 0 spiro atoms. The number of methoxy groups -OCH3 is 3. The molecule has 6 nitrogen and oxygen atoms in total. The molecule has 2 aliphatic heterocycles. The Kier molecular flexibility index (Phi) is 3.77. The van der Waals surface area contributed by atoms with Crippen molar-refractivity contribution in [1.29, 1.82) is 0 Å². The van der Waals surface area contributed by atoms with Gasteiger partial charge in [-0.05, 0) is 31.1 Å². The third-order valence-electron chi connectivity index (χ3n) is 4.55. The molecular formula is C19H19NO5. The van der Waals surface area contributed by atoms with Gasteiger partial charge in [0, 0.05) is 17.0 Å². The number of hydrogen-bond donors (Lipinski definition) is 1. The zero-order valence-electron chi connectivity index (χ0n) is 14.3. The first-order chi connectivity index (χ1) is 12.2. The van der Waals surface area contributed by atoms with Crippen molar-refractivity contribution in [2.45, 2.75) is 18.9 Å². The summed E-state index contributed by atoms with van der Waals surface area (Å²) in [7, 11) is 4.76. The maximum absolute atomic E-state index is 10.1. The highest BCUT2D eigenvalue weighted by Gasteiger charge is 2.32. The Hall–Kier alpha value is -2.73. The van der Waals surface area contributed by atoms with Gasteiger partial charge in [0.25, 0.3) is 0 Å². The van der Waals surface area contributed by atoms with Crippen molar-refractivity contribution < 1.29 is 24.1 Å². The summed E-state index contributed by atoms with van der Waals surface area (Å²) in [5.74, 6) is 2.90. The zero-order valence-corrected chi connectivity index (χ0v) is 14.3. The van der Waals surface area contributed by atoms with Crippen LogP contribution >= 0.6 is 0 Å². The number of hydrogen-bond acceptors (Lipinski definition) is 6. The van der Waals surface area contributed by atoms with Gasteiger partial charge in [0.15, 0.2) is 11.5 Å². The molecule has 4 rings (SSSR count). The molecule has 1 aromatic carbocycles. The van der Waals surface area contributed by atoms with E-state index in [1.165, 1.54) is 0 Å². The number of pyridine rings is 1. The number of aliphatic hydroxyl groups excluding tert-OH is 1. The van der Waals surface area contributed by atoms with E-state index >= 15 is 0 Å². The normalized spacial score (nSPS) is 18.5. The molecule has 0 radical (unpaired) electrons. The number of aliphatic hydroxyl groups is 1. The monoisotopic (exact) mass is 341 g/mol. The molecule has 0 fully saturated rings. The molecule has 0 unspecified atom stereocenters. The number of fused-ring (bicyclic) bond motifs is 4. The van der Waals surface area contributed by atoms with Crippen LogP contribution in [0.5, 0.6) is 17.2 Å². The lowest BCUT2D eigenvalue weighted by Gasteiger charge is -2.28. The van der Waals surface area contributed by atoms with E-state index < -0.39 is 6.10 Å². The third-order valence-corrected chi connectivity index (χ3v) is 4.55. The highest BCUT2D eigenvalue weighted by atomic mass is 16.5. The molecular weight excluding hydrogens is 322 g/mol. The van der Waals surface area contributed by atoms with Gasteiger partial charge in [0.05, 0.1) is 33.0 Å². The predicted octanol–water partition coefficient (Wildman–Crippen LogP) is 3.13. The minimum Gasteiger partial charge on any atom is -0.492 e. The topological polar surface area (TPSA) is 70.0 Å². The van der Waals surface area contributed by atoms with Gasteiger partial charge in [-0.2, -0.15) is 0 Å². The molecule has 2 bridgehead atoms. The van der Waals surface area contributed by atoms with E-state index in [1.54, 1.807) is 27.5 Å². The van der Waals surface area contributed by atoms with Gasteiger partial charge in [-0.3, -0.25) is 4.98 Å². The maximum Gasteiger partial charge on any atom is 0.204 e. The average Bonchev–Trinajstić information content (AvgIpc) is 2.63. The van der Waals surface area contributed by atoms with Gasteiger partial charge in [-0.25, -0.2) is 0 Å². The molecule has 1 atom stereocenters. The van der Waals surface area contributed by atoms with Crippen LogP contribution in [0, 0.1) is 0 Å². The Morgan fingerprint density at radius 3 is 2.36 bits per heavy atom. The number of benzene rings is 1. The van der Waals surface area contributed by atoms with Crippen LogP contribution in [-0.4, -0.2) is 37.5 Å². The predicted molar refractivity (Wildman–Crippen MR) is 93.7 cm³/mol. The van der Waals surface area contributed by atoms with Gasteiger partial charge in [0.2, 0.25) is 5.75 Å². The van der Waals surface area contributed by atoms with Gasteiger partial charge in [0.1, 0.15) is 17.2 Å². The largest absolute Gasteiger partial charge is 0.492 e. The molecule has 2 aromatic rings. The lowest BCUT2D eigenvalue weighted by Crippen LogP contribution is -2.13. The summed E-state index contributed by atoms with van der Waals surface area (Å²) in [6.45, 7) is 0. The van der Waals surface area contributed by atoms with Gasteiger partial charge in [-0.15, -0.1) is 0 Å². The molecule has 25 heavy (non-hydrogen) atoms. The first-order valence-corrected chi connectivity index (χ1v) is 8.07. The first kappa shape index (κ1) is 15.8. The van der Waals surface area contributed by atoms with Crippen molar-refractivity contribution in [3.63, 3.8) is 0 Å². The van der Waals surface area contributed by atoms with Crippen LogP contribution in [0.4, 0.5) is 0 Å². The summed E-state index contributed by atoms with van der Waals surface area (Å²) < 4.78 is 22.9. The summed E-state index contributed by atoms with van der Waals surface area (Å²) in [5.41, 5.74) is 1.47. The van der Waals surface area contributed by atoms with Crippen molar-refractivity contribution in [3.05, 3.63) is 35.7 Å². The van der Waals surface area contributed by atoms with Crippen molar-refractivity contribution in [3.8, 4) is 17.2 Å². The maximum atomic E-state index is 10.1. The minimum absolute atomic E-state index is 0.458. The molecule has 1 aromatic heterocycles. The number of rotatable bonds is 3. The number of ether oxygens (including phenoxy) is 4. The third kappa shape index (κ3) is 2.25. The molecule has 0 saturated heterocycles. The summed E-state index contributed by atoms with van der Waals surface area (Å²) in [4.78, 5) is 4.51. The smallest absolute Gasteiger partial charge is 0.204 e. The second-order valence-corrected chi connectivity index (χ2v) is 5.92. The van der Waals surface area contributed by atoms with Crippen LogP contribution in [0.1, 0.15) is 24.1 Å². The Morgan fingerprint density at radius 1 is 1.00 bits per heavy atom. The Balaban J connectivity index is 2.19. The molecule has 0 aliphatic carbocycles. The molecule has 130 valence electrons. The summed E-state index contributed by atoms with van der Waals surface area (Å²) in [5, 5.41) is 11.9. The van der Waals surface area contributed by atoms with Crippen LogP contribution in [0.15, 0.2) is 24.4 Å². The van der Waals surface area contributed by atoms with Crippen LogP contribution in [-0.2, 0) is 4.74 Å². The average molecular weight is 341 g/mol. The Bertz CT molecular complexity index is 916. The first-order valence-electron chi connectivity index (χ1n) is 8.07. The van der Waals surface area contributed by atoms with Gasteiger partial charge in [-0.1, -0.05) is 0 Å². The van der Waals surface area contributed by atoms with E-state index in [4.69, 9.17) is 18.9 Å². The second-order valence-electron chi connectivity index (χ2n) is 5.92. The second kappa shape index (κ2) is 5.97. The fourth-order valence-corrected chi connectivity index (χ4v) is 3.44. The standard InChI is InChI=1S/C19H19NO5/c1-22-17-11-8-9-20-16-13-7-5-10(21)4-6-12(25-13)15(14(11)16)18(23-2)19(17)24-3/h6-10,21H,4-5H2,1-3H3/t10-/m0/s1. The van der Waals surface area contributed by atoms with Crippen molar-refractivity contribution in [1.82, 2.24) is 4.98 Å². The summed E-state index contributed by atoms with van der Waals surface area (Å²) >= 11 is 0. The Labute approximate surface area is 145 Å². The highest BCUT2D eigenvalue weighted by Crippen LogP contribution is 2.53. The van der Waals surface area contributed by atoms with Crippen molar-refractivity contribution in [2.75, 3.05) is 21.3 Å². The minimum atomic E-state index is -0.458. The fraction of sp³-hybridized carbons (Fsp3) is 0.316. The van der Waals surface area contributed by atoms with Crippen LogP contribution < -0.4 is 14.2 Å². The lowest BCUT2D eigenvalue weighted by molar-refractivity contribution is 0.179. The summed E-state index contributed by atoms with van der Waals surface area (Å²) in [6.07, 6.45) is 6.03. The quantitative estimate of drug-likeness (QED) is 0.925.